The zero-order valence-electron chi connectivity index (χ0n) is 10.0. The molecule has 6 nitrogen and oxygen atoms in total. The SMILES string of the molecule is Cn1nccc1CNC(=O)CCn1cc(Cl)cn1. The highest BCUT2D eigenvalue weighted by atomic mass is 35.5. The summed E-state index contributed by atoms with van der Waals surface area (Å²) in [5, 5.41) is 11.4. The molecule has 0 saturated carbocycles. The lowest BCUT2D eigenvalue weighted by Gasteiger charge is -2.05. The predicted octanol–water partition coefficient (Wildman–Crippen LogP) is 0.976. The molecule has 0 spiro atoms. The van der Waals surface area contributed by atoms with Crippen LogP contribution in [0.3, 0.4) is 0 Å². The number of aromatic nitrogens is 4. The molecule has 2 heterocycles. The minimum Gasteiger partial charge on any atom is -0.350 e. The molecule has 0 unspecified atom stereocenters. The van der Waals surface area contributed by atoms with Gasteiger partial charge in [0.05, 0.1) is 23.5 Å². The first-order valence-corrected chi connectivity index (χ1v) is 5.94. The average molecular weight is 268 g/mol. The summed E-state index contributed by atoms with van der Waals surface area (Å²) in [4.78, 5) is 11.6. The van der Waals surface area contributed by atoms with E-state index in [1.54, 1.807) is 28.0 Å². The van der Waals surface area contributed by atoms with E-state index in [0.717, 1.165) is 5.69 Å². The van der Waals surface area contributed by atoms with Gasteiger partial charge in [0.2, 0.25) is 5.91 Å². The molecule has 0 saturated heterocycles. The van der Waals surface area contributed by atoms with E-state index in [9.17, 15) is 4.79 Å². The van der Waals surface area contributed by atoms with Crippen molar-refractivity contribution in [3.63, 3.8) is 0 Å². The fourth-order valence-electron chi connectivity index (χ4n) is 1.53. The highest BCUT2D eigenvalue weighted by Crippen LogP contribution is 2.05. The molecule has 18 heavy (non-hydrogen) atoms. The fourth-order valence-corrected chi connectivity index (χ4v) is 1.69. The predicted molar refractivity (Wildman–Crippen MR) is 66.9 cm³/mol. The van der Waals surface area contributed by atoms with Crippen molar-refractivity contribution in [2.45, 2.75) is 19.5 Å². The first-order chi connectivity index (χ1) is 8.65. The number of nitrogens with one attached hydrogen (secondary N) is 1. The third kappa shape index (κ3) is 3.33. The molecule has 7 heteroatoms. The Morgan fingerprint density at radius 3 is 2.94 bits per heavy atom. The first-order valence-electron chi connectivity index (χ1n) is 5.56. The minimum absolute atomic E-state index is 0.0252. The highest BCUT2D eigenvalue weighted by Gasteiger charge is 2.04. The number of hydrogen-bond donors (Lipinski definition) is 1. The lowest BCUT2D eigenvalue weighted by atomic mass is 10.3. The number of halogens is 1. The fraction of sp³-hybridized carbons (Fsp3) is 0.364. The smallest absolute Gasteiger partial charge is 0.222 e. The van der Waals surface area contributed by atoms with E-state index < -0.39 is 0 Å². The first kappa shape index (κ1) is 12.6. The van der Waals surface area contributed by atoms with Crippen molar-refractivity contribution in [2.24, 2.45) is 7.05 Å². The van der Waals surface area contributed by atoms with E-state index in [-0.39, 0.29) is 5.91 Å². The zero-order valence-corrected chi connectivity index (χ0v) is 10.8. The Bertz CT molecular complexity index is 533. The number of rotatable bonds is 5. The van der Waals surface area contributed by atoms with Crippen LogP contribution >= 0.6 is 11.6 Å². The molecule has 0 aromatic carbocycles. The summed E-state index contributed by atoms with van der Waals surface area (Å²) < 4.78 is 3.37. The number of amides is 1. The van der Waals surface area contributed by atoms with E-state index in [4.69, 9.17) is 11.6 Å². The molecule has 1 amide bonds. The third-order valence-corrected chi connectivity index (χ3v) is 2.75. The number of carbonyl (C=O) groups is 1. The van der Waals surface area contributed by atoms with Crippen LogP contribution in [0.5, 0.6) is 0 Å². The van der Waals surface area contributed by atoms with Gasteiger partial charge in [-0.05, 0) is 6.07 Å². The topological polar surface area (TPSA) is 64.7 Å². The number of nitrogens with zero attached hydrogens (tertiary/aromatic N) is 4. The van der Waals surface area contributed by atoms with Crippen LogP contribution in [0.2, 0.25) is 5.02 Å². The van der Waals surface area contributed by atoms with Crippen LogP contribution < -0.4 is 5.32 Å². The third-order valence-electron chi connectivity index (χ3n) is 2.56. The van der Waals surface area contributed by atoms with E-state index >= 15 is 0 Å². The maximum absolute atomic E-state index is 11.6. The van der Waals surface area contributed by atoms with Gasteiger partial charge in [0.1, 0.15) is 0 Å². The van der Waals surface area contributed by atoms with Crippen molar-refractivity contribution in [2.75, 3.05) is 0 Å². The Kier molecular flexibility index (Phi) is 3.99. The lowest BCUT2D eigenvalue weighted by molar-refractivity contribution is -0.121. The number of hydrogen-bond acceptors (Lipinski definition) is 3. The van der Waals surface area contributed by atoms with Gasteiger partial charge in [-0.3, -0.25) is 14.2 Å². The Balaban J connectivity index is 1.74. The molecule has 0 radical (unpaired) electrons. The standard InChI is InChI=1S/C11H14ClN5O/c1-16-10(2-4-14-16)7-13-11(18)3-5-17-8-9(12)6-15-17/h2,4,6,8H,3,5,7H2,1H3,(H,13,18). The normalized spacial score (nSPS) is 10.6. The average Bonchev–Trinajstić information content (AvgIpc) is 2.93. The van der Waals surface area contributed by atoms with E-state index in [2.05, 4.69) is 15.5 Å². The van der Waals surface area contributed by atoms with Gasteiger partial charge < -0.3 is 5.32 Å². The van der Waals surface area contributed by atoms with Gasteiger partial charge in [-0.25, -0.2) is 0 Å². The summed E-state index contributed by atoms with van der Waals surface area (Å²) in [7, 11) is 1.84. The summed E-state index contributed by atoms with van der Waals surface area (Å²) in [6.07, 6.45) is 5.31. The van der Waals surface area contributed by atoms with Gasteiger partial charge in [0, 0.05) is 32.4 Å². The van der Waals surface area contributed by atoms with Crippen molar-refractivity contribution in [1.82, 2.24) is 24.9 Å². The molecular weight excluding hydrogens is 254 g/mol. The molecule has 2 aromatic heterocycles. The Morgan fingerprint density at radius 1 is 1.50 bits per heavy atom. The summed E-state index contributed by atoms with van der Waals surface area (Å²) >= 11 is 5.73. The molecule has 0 aliphatic heterocycles. The summed E-state index contributed by atoms with van der Waals surface area (Å²) in [5.74, 6) is -0.0252. The molecule has 2 aromatic rings. The summed E-state index contributed by atoms with van der Waals surface area (Å²) in [6, 6.07) is 1.87. The lowest BCUT2D eigenvalue weighted by Crippen LogP contribution is -2.25. The second-order valence-electron chi connectivity index (χ2n) is 3.89. The van der Waals surface area contributed by atoms with Crippen LogP contribution in [-0.2, 0) is 24.9 Å². The van der Waals surface area contributed by atoms with Crippen molar-refractivity contribution in [3.05, 3.63) is 35.4 Å². The van der Waals surface area contributed by atoms with E-state index in [1.807, 2.05) is 13.1 Å². The number of aryl methyl sites for hydroxylation is 2. The molecule has 0 bridgehead atoms. The largest absolute Gasteiger partial charge is 0.350 e. The van der Waals surface area contributed by atoms with Crippen LogP contribution in [0.15, 0.2) is 24.7 Å². The summed E-state index contributed by atoms with van der Waals surface area (Å²) in [5.41, 5.74) is 0.963. The Labute approximate surface area is 110 Å². The van der Waals surface area contributed by atoms with Gasteiger partial charge >= 0.3 is 0 Å². The Morgan fingerprint density at radius 2 is 2.33 bits per heavy atom. The van der Waals surface area contributed by atoms with Crippen LogP contribution in [0.25, 0.3) is 0 Å². The van der Waals surface area contributed by atoms with Crippen LogP contribution in [0.4, 0.5) is 0 Å². The van der Waals surface area contributed by atoms with Gasteiger partial charge in [-0.15, -0.1) is 0 Å². The van der Waals surface area contributed by atoms with Crippen molar-refractivity contribution in [1.29, 1.82) is 0 Å². The molecule has 2 rings (SSSR count). The van der Waals surface area contributed by atoms with Crippen molar-refractivity contribution >= 4 is 17.5 Å². The molecule has 0 atom stereocenters. The minimum atomic E-state index is -0.0252. The monoisotopic (exact) mass is 267 g/mol. The van der Waals surface area contributed by atoms with Gasteiger partial charge in [-0.1, -0.05) is 11.6 Å². The summed E-state index contributed by atoms with van der Waals surface area (Å²) in [6.45, 7) is 0.999. The molecule has 0 aliphatic carbocycles. The van der Waals surface area contributed by atoms with Crippen molar-refractivity contribution in [3.8, 4) is 0 Å². The van der Waals surface area contributed by atoms with Gasteiger partial charge in [-0.2, -0.15) is 10.2 Å². The maximum Gasteiger partial charge on any atom is 0.222 e. The highest BCUT2D eigenvalue weighted by molar-refractivity contribution is 6.30. The van der Waals surface area contributed by atoms with Crippen LogP contribution in [0.1, 0.15) is 12.1 Å². The van der Waals surface area contributed by atoms with Crippen LogP contribution in [0, 0.1) is 0 Å². The molecule has 0 fully saturated rings. The molecule has 0 aliphatic rings. The second kappa shape index (κ2) is 5.68. The van der Waals surface area contributed by atoms with E-state index in [1.165, 1.54) is 0 Å². The molecule has 1 N–H and O–H groups in total. The second-order valence-corrected chi connectivity index (χ2v) is 4.33. The van der Waals surface area contributed by atoms with Gasteiger partial charge in [0.15, 0.2) is 0 Å². The zero-order chi connectivity index (χ0) is 13.0. The molecule has 96 valence electrons. The van der Waals surface area contributed by atoms with Crippen LogP contribution in [-0.4, -0.2) is 25.5 Å². The quantitative estimate of drug-likeness (QED) is 0.878. The Hall–Kier alpha value is -1.82. The molecular formula is C11H14ClN5O. The maximum atomic E-state index is 11.6. The van der Waals surface area contributed by atoms with Gasteiger partial charge in [0.25, 0.3) is 0 Å². The van der Waals surface area contributed by atoms with Crippen molar-refractivity contribution < 1.29 is 4.79 Å². The number of carbonyl (C=O) groups excluding carboxylic acids is 1. The van der Waals surface area contributed by atoms with E-state index in [0.29, 0.717) is 24.5 Å².